The fourth-order valence-electron chi connectivity index (χ4n) is 4.34. The molecule has 0 atom stereocenters. The number of nitrogens with zero attached hydrogens (tertiary/aromatic N) is 2. The van der Waals surface area contributed by atoms with Gasteiger partial charge in [0.25, 0.3) is 0 Å². The van der Waals surface area contributed by atoms with Crippen LogP contribution in [0.4, 0.5) is 0 Å². The van der Waals surface area contributed by atoms with E-state index in [0.717, 1.165) is 37.3 Å². The number of furan rings is 1. The minimum Gasteiger partial charge on any atom is -0.469 e. The van der Waals surface area contributed by atoms with Crippen molar-refractivity contribution in [1.82, 2.24) is 15.5 Å². The van der Waals surface area contributed by atoms with E-state index in [2.05, 4.69) is 33.0 Å². The summed E-state index contributed by atoms with van der Waals surface area (Å²) in [6.07, 6.45) is 10.6. The summed E-state index contributed by atoms with van der Waals surface area (Å²) in [6, 6.07) is 9.56. The minimum absolute atomic E-state index is 0.510. The molecule has 0 spiro atoms. The van der Waals surface area contributed by atoms with Crippen LogP contribution in [-0.4, -0.2) is 42.6 Å². The molecule has 0 aromatic carbocycles. The average Bonchev–Trinajstić information content (AvgIpc) is 3.50. The van der Waals surface area contributed by atoms with Crippen LogP contribution in [0, 0.1) is 0 Å². The summed E-state index contributed by atoms with van der Waals surface area (Å²) >= 11 is 1.76. The molecule has 2 fully saturated rings. The maximum absolute atomic E-state index is 5.44. The Bertz CT molecular complexity index is 699. The van der Waals surface area contributed by atoms with Gasteiger partial charge < -0.3 is 20.0 Å². The number of rotatable bonds is 7. The lowest BCUT2D eigenvalue weighted by Gasteiger charge is -2.36. The van der Waals surface area contributed by atoms with Crippen LogP contribution in [0.3, 0.4) is 0 Å². The van der Waals surface area contributed by atoms with Crippen molar-refractivity contribution in [1.29, 1.82) is 0 Å². The van der Waals surface area contributed by atoms with Crippen molar-refractivity contribution in [2.75, 3.05) is 19.6 Å². The number of thiophene rings is 1. The van der Waals surface area contributed by atoms with Gasteiger partial charge in [-0.1, -0.05) is 18.9 Å². The third-order valence-corrected chi connectivity index (χ3v) is 6.79. The summed E-state index contributed by atoms with van der Waals surface area (Å²) < 4.78 is 5.44. The Balaban J connectivity index is 1.28. The van der Waals surface area contributed by atoms with Crippen LogP contribution in [0.25, 0.3) is 0 Å². The lowest BCUT2D eigenvalue weighted by Crippen LogP contribution is -2.50. The van der Waals surface area contributed by atoms with E-state index in [4.69, 9.17) is 9.41 Å². The Kier molecular flexibility index (Phi) is 7.06. The molecule has 4 rings (SSSR count). The lowest BCUT2D eigenvalue weighted by molar-refractivity contribution is 0.150. The smallest absolute Gasteiger partial charge is 0.191 e. The van der Waals surface area contributed by atoms with Gasteiger partial charge >= 0.3 is 0 Å². The van der Waals surface area contributed by atoms with Crippen LogP contribution >= 0.6 is 11.3 Å². The van der Waals surface area contributed by atoms with Gasteiger partial charge in [0.05, 0.1) is 12.8 Å². The summed E-state index contributed by atoms with van der Waals surface area (Å²) in [7, 11) is 0. The number of piperidine rings is 1. The molecule has 152 valence electrons. The van der Waals surface area contributed by atoms with Crippen molar-refractivity contribution in [2.45, 2.75) is 63.6 Å². The number of nitrogens with one attached hydrogen (secondary N) is 2. The van der Waals surface area contributed by atoms with Crippen molar-refractivity contribution >= 4 is 17.3 Å². The van der Waals surface area contributed by atoms with Gasteiger partial charge in [0.1, 0.15) is 5.76 Å². The topological polar surface area (TPSA) is 52.8 Å². The molecule has 28 heavy (non-hydrogen) atoms. The zero-order chi connectivity index (χ0) is 19.0. The van der Waals surface area contributed by atoms with Gasteiger partial charge in [0, 0.05) is 43.0 Å². The molecular weight excluding hydrogens is 368 g/mol. The van der Waals surface area contributed by atoms with Crippen molar-refractivity contribution in [3.63, 3.8) is 0 Å². The van der Waals surface area contributed by atoms with Gasteiger partial charge in [-0.15, -0.1) is 11.3 Å². The molecule has 2 N–H and O–H groups in total. The summed E-state index contributed by atoms with van der Waals surface area (Å²) in [5.74, 6) is 1.94. The number of likely N-dealkylation sites (tertiary alicyclic amines) is 1. The van der Waals surface area contributed by atoms with Gasteiger partial charge in [0.2, 0.25) is 0 Å². The molecule has 0 bridgehead atoms. The lowest BCUT2D eigenvalue weighted by atomic mass is 10.0. The predicted molar refractivity (Wildman–Crippen MR) is 116 cm³/mol. The quantitative estimate of drug-likeness (QED) is 0.544. The molecule has 2 aromatic heterocycles. The Morgan fingerprint density at radius 2 is 2.00 bits per heavy atom. The van der Waals surface area contributed by atoms with E-state index in [1.54, 1.807) is 17.6 Å². The summed E-state index contributed by atoms with van der Waals surface area (Å²) in [5, 5.41) is 9.31. The number of guanidine groups is 1. The van der Waals surface area contributed by atoms with E-state index in [0.29, 0.717) is 6.04 Å². The average molecular weight is 401 g/mol. The molecule has 1 aliphatic heterocycles. The van der Waals surface area contributed by atoms with Crippen molar-refractivity contribution in [2.24, 2.45) is 4.99 Å². The second-order valence-electron chi connectivity index (χ2n) is 7.89. The molecule has 1 saturated heterocycles. The number of hydrogen-bond acceptors (Lipinski definition) is 4. The van der Waals surface area contributed by atoms with Gasteiger partial charge in [-0.25, -0.2) is 4.99 Å². The molecule has 0 radical (unpaired) electrons. The van der Waals surface area contributed by atoms with Crippen LogP contribution in [-0.2, 0) is 13.0 Å². The predicted octanol–water partition coefficient (Wildman–Crippen LogP) is 4.03. The maximum Gasteiger partial charge on any atom is 0.191 e. The van der Waals surface area contributed by atoms with E-state index >= 15 is 0 Å². The zero-order valence-corrected chi connectivity index (χ0v) is 17.4. The highest BCUT2D eigenvalue weighted by atomic mass is 32.1. The van der Waals surface area contributed by atoms with Crippen LogP contribution in [0.2, 0.25) is 0 Å². The zero-order valence-electron chi connectivity index (χ0n) is 16.6. The largest absolute Gasteiger partial charge is 0.469 e. The van der Waals surface area contributed by atoms with E-state index < -0.39 is 0 Å². The molecule has 2 aliphatic rings. The second-order valence-corrected chi connectivity index (χ2v) is 8.93. The Morgan fingerprint density at radius 3 is 2.71 bits per heavy atom. The first-order valence-electron chi connectivity index (χ1n) is 10.7. The molecule has 1 aliphatic carbocycles. The highest BCUT2D eigenvalue weighted by Crippen LogP contribution is 2.26. The van der Waals surface area contributed by atoms with Gasteiger partial charge in [-0.3, -0.25) is 0 Å². The summed E-state index contributed by atoms with van der Waals surface area (Å²) in [4.78, 5) is 8.85. The monoisotopic (exact) mass is 400 g/mol. The van der Waals surface area contributed by atoms with Crippen LogP contribution in [0.15, 0.2) is 45.3 Å². The molecule has 6 heteroatoms. The molecule has 1 saturated carbocycles. The normalized spacial score (nSPS) is 19.9. The Morgan fingerprint density at radius 1 is 1.14 bits per heavy atom. The molecule has 0 amide bonds. The summed E-state index contributed by atoms with van der Waals surface area (Å²) in [6.45, 7) is 3.99. The van der Waals surface area contributed by atoms with E-state index in [1.807, 2.05) is 12.1 Å². The van der Waals surface area contributed by atoms with E-state index in [-0.39, 0.29) is 0 Å². The van der Waals surface area contributed by atoms with Crippen LogP contribution in [0.1, 0.15) is 49.2 Å². The van der Waals surface area contributed by atoms with Crippen molar-refractivity contribution < 1.29 is 4.42 Å². The highest BCUT2D eigenvalue weighted by molar-refractivity contribution is 7.09. The van der Waals surface area contributed by atoms with Gasteiger partial charge in [0.15, 0.2) is 5.96 Å². The van der Waals surface area contributed by atoms with Crippen molar-refractivity contribution in [3.05, 3.63) is 46.5 Å². The Labute approximate surface area is 172 Å². The van der Waals surface area contributed by atoms with Crippen LogP contribution in [0.5, 0.6) is 0 Å². The summed E-state index contributed by atoms with van der Waals surface area (Å²) in [5.41, 5.74) is 0. The van der Waals surface area contributed by atoms with E-state index in [1.165, 1.54) is 56.5 Å². The first kappa shape index (κ1) is 19.5. The third kappa shape index (κ3) is 5.61. The number of hydrogen-bond donors (Lipinski definition) is 2. The van der Waals surface area contributed by atoms with Crippen LogP contribution < -0.4 is 10.6 Å². The first-order valence-corrected chi connectivity index (χ1v) is 11.6. The Hall–Kier alpha value is -1.79. The SMILES string of the molecule is c1coc(CCNC(=NCc2cccs2)NC2CCN(C3CCCC3)CC2)c1. The third-order valence-electron chi connectivity index (χ3n) is 5.93. The molecular formula is C22H32N4OS. The fraction of sp³-hybridized carbons (Fsp3) is 0.591. The number of aliphatic imine (C=N–C) groups is 1. The molecule has 2 aromatic rings. The maximum atomic E-state index is 5.44. The van der Waals surface area contributed by atoms with E-state index in [9.17, 15) is 0 Å². The van der Waals surface area contributed by atoms with Gasteiger partial charge in [-0.05, 0) is 49.3 Å². The minimum atomic E-state index is 0.510. The fourth-order valence-corrected chi connectivity index (χ4v) is 4.97. The van der Waals surface area contributed by atoms with Gasteiger partial charge in [-0.2, -0.15) is 0 Å². The van der Waals surface area contributed by atoms with Crippen molar-refractivity contribution in [3.8, 4) is 0 Å². The highest BCUT2D eigenvalue weighted by Gasteiger charge is 2.27. The second kappa shape index (κ2) is 10.1. The first-order chi connectivity index (χ1) is 13.9. The molecule has 3 heterocycles. The molecule has 5 nitrogen and oxygen atoms in total. The molecule has 0 unspecified atom stereocenters. The standard InChI is InChI=1S/C22H32N4OS/c1-2-6-19(5-1)26-13-10-18(11-14-26)25-22(24-17-21-8-4-16-28-21)23-12-9-20-7-3-15-27-20/h3-4,7-8,15-16,18-19H,1-2,5-6,9-14,17H2,(H2,23,24,25).